The highest BCUT2D eigenvalue weighted by atomic mass is 16.7. The largest absolute Gasteiger partial charge is 0.454 e. The highest BCUT2D eigenvalue weighted by molar-refractivity contribution is 5.96. The Morgan fingerprint density at radius 2 is 1.85 bits per heavy atom. The van der Waals surface area contributed by atoms with Crippen molar-refractivity contribution in [1.82, 2.24) is 0 Å². The zero-order chi connectivity index (χ0) is 17.9. The normalized spacial score (nSPS) is 13.6. The topological polar surface area (TPSA) is 64.2 Å². The van der Waals surface area contributed by atoms with Gasteiger partial charge >= 0.3 is 0 Å². The molecular weight excluding hydrogens is 328 g/mol. The standard InChI is InChI=1S/C21H20N2O3/c1-14(22-12-15-6-9-19-20(10-15)26-13-25-19)21(24)23-18-8-7-16-4-2-3-5-17(16)11-18/h2-11,14,22H,12-13H2,1H3,(H,23,24)/p+1/t14-/m0/s1. The summed E-state index contributed by atoms with van der Waals surface area (Å²) in [4.78, 5) is 12.5. The van der Waals surface area contributed by atoms with Crippen molar-refractivity contribution < 1.29 is 19.6 Å². The summed E-state index contributed by atoms with van der Waals surface area (Å²) in [5, 5.41) is 7.28. The highest BCUT2D eigenvalue weighted by Gasteiger charge is 2.18. The van der Waals surface area contributed by atoms with Crippen molar-refractivity contribution in [2.75, 3.05) is 12.1 Å². The van der Waals surface area contributed by atoms with E-state index in [0.29, 0.717) is 6.54 Å². The first-order valence-electron chi connectivity index (χ1n) is 8.70. The zero-order valence-corrected chi connectivity index (χ0v) is 14.6. The second kappa shape index (κ2) is 7.06. The molecule has 5 nitrogen and oxygen atoms in total. The van der Waals surface area contributed by atoms with Gasteiger partial charge in [-0.3, -0.25) is 4.79 Å². The van der Waals surface area contributed by atoms with Crippen LogP contribution in [0.3, 0.4) is 0 Å². The van der Waals surface area contributed by atoms with Gasteiger partial charge in [-0.2, -0.15) is 0 Å². The van der Waals surface area contributed by atoms with E-state index < -0.39 is 0 Å². The zero-order valence-electron chi connectivity index (χ0n) is 14.6. The van der Waals surface area contributed by atoms with Crippen LogP contribution in [0.2, 0.25) is 0 Å². The lowest BCUT2D eigenvalue weighted by Gasteiger charge is -2.12. The van der Waals surface area contributed by atoms with Crippen molar-refractivity contribution in [2.24, 2.45) is 0 Å². The Labute approximate surface area is 151 Å². The minimum Gasteiger partial charge on any atom is -0.454 e. The molecule has 1 heterocycles. The second-order valence-corrected chi connectivity index (χ2v) is 6.47. The molecule has 3 aromatic carbocycles. The molecule has 0 spiro atoms. The van der Waals surface area contributed by atoms with E-state index in [4.69, 9.17) is 9.47 Å². The van der Waals surface area contributed by atoms with Gasteiger partial charge in [0.25, 0.3) is 5.91 Å². The van der Waals surface area contributed by atoms with E-state index in [2.05, 4.69) is 11.4 Å². The molecule has 4 rings (SSSR count). The van der Waals surface area contributed by atoms with Gasteiger partial charge in [0.2, 0.25) is 6.79 Å². The van der Waals surface area contributed by atoms with Crippen LogP contribution in [0, 0.1) is 0 Å². The Bertz CT molecular complexity index is 955. The Hall–Kier alpha value is -3.05. The number of benzene rings is 3. The van der Waals surface area contributed by atoms with Gasteiger partial charge in [-0.25, -0.2) is 0 Å². The molecule has 26 heavy (non-hydrogen) atoms. The summed E-state index contributed by atoms with van der Waals surface area (Å²) < 4.78 is 10.7. The van der Waals surface area contributed by atoms with Gasteiger partial charge in [0, 0.05) is 11.3 Å². The molecule has 0 bridgehead atoms. The molecule has 0 aromatic heterocycles. The first-order valence-corrected chi connectivity index (χ1v) is 8.70. The van der Waals surface area contributed by atoms with Gasteiger partial charge in [-0.1, -0.05) is 30.3 Å². The predicted octanol–water partition coefficient (Wildman–Crippen LogP) is 2.66. The quantitative estimate of drug-likeness (QED) is 0.744. The molecule has 1 atom stereocenters. The number of rotatable bonds is 5. The van der Waals surface area contributed by atoms with E-state index in [9.17, 15) is 4.79 Å². The van der Waals surface area contributed by atoms with Crippen LogP contribution in [-0.2, 0) is 11.3 Å². The lowest BCUT2D eigenvalue weighted by Crippen LogP contribution is -2.90. The Kier molecular flexibility index (Phi) is 4.46. The molecule has 132 valence electrons. The lowest BCUT2D eigenvalue weighted by atomic mass is 10.1. The number of fused-ring (bicyclic) bond motifs is 2. The van der Waals surface area contributed by atoms with Crippen molar-refractivity contribution in [1.29, 1.82) is 0 Å². The number of anilines is 1. The van der Waals surface area contributed by atoms with E-state index >= 15 is 0 Å². The maximum Gasteiger partial charge on any atom is 0.282 e. The Morgan fingerprint density at radius 3 is 2.73 bits per heavy atom. The summed E-state index contributed by atoms with van der Waals surface area (Å²) in [5.74, 6) is 1.53. The van der Waals surface area contributed by atoms with E-state index in [1.807, 2.05) is 66.8 Å². The van der Waals surface area contributed by atoms with Gasteiger partial charge < -0.3 is 20.1 Å². The molecule has 1 amide bonds. The molecule has 3 aromatic rings. The van der Waals surface area contributed by atoms with Crippen LogP contribution in [0.15, 0.2) is 60.7 Å². The van der Waals surface area contributed by atoms with Gasteiger partial charge in [0.15, 0.2) is 17.5 Å². The minimum atomic E-state index is -0.202. The number of hydrogen-bond acceptors (Lipinski definition) is 3. The van der Waals surface area contributed by atoms with Crippen LogP contribution in [0.4, 0.5) is 5.69 Å². The van der Waals surface area contributed by atoms with E-state index in [1.165, 1.54) is 0 Å². The first kappa shape index (κ1) is 16.4. The van der Waals surface area contributed by atoms with Crippen LogP contribution in [0.5, 0.6) is 11.5 Å². The molecule has 0 saturated carbocycles. The summed E-state index contributed by atoms with van der Waals surface area (Å²) in [7, 11) is 0. The molecule has 0 saturated heterocycles. The average molecular weight is 349 g/mol. The number of carbonyl (C=O) groups excluding carboxylic acids is 1. The Morgan fingerprint density at radius 1 is 1.04 bits per heavy atom. The summed E-state index contributed by atoms with van der Waals surface area (Å²) in [6, 6.07) is 19.7. The van der Waals surface area contributed by atoms with E-state index in [0.717, 1.165) is 33.5 Å². The second-order valence-electron chi connectivity index (χ2n) is 6.47. The van der Waals surface area contributed by atoms with Crippen LogP contribution in [0.25, 0.3) is 10.8 Å². The van der Waals surface area contributed by atoms with Crippen molar-refractivity contribution in [3.05, 3.63) is 66.2 Å². The van der Waals surface area contributed by atoms with Gasteiger partial charge in [-0.05, 0) is 48.0 Å². The third-order valence-corrected chi connectivity index (χ3v) is 4.57. The highest BCUT2D eigenvalue weighted by Crippen LogP contribution is 2.32. The van der Waals surface area contributed by atoms with Crippen molar-refractivity contribution in [3.63, 3.8) is 0 Å². The maximum atomic E-state index is 12.5. The number of nitrogens with two attached hydrogens (primary N) is 1. The van der Waals surface area contributed by atoms with E-state index in [-0.39, 0.29) is 18.7 Å². The van der Waals surface area contributed by atoms with Crippen LogP contribution >= 0.6 is 0 Å². The average Bonchev–Trinajstić information content (AvgIpc) is 3.13. The van der Waals surface area contributed by atoms with Crippen molar-refractivity contribution in [3.8, 4) is 11.5 Å². The molecule has 5 heteroatoms. The Balaban J connectivity index is 1.36. The number of hydrogen-bond donors (Lipinski definition) is 2. The summed E-state index contributed by atoms with van der Waals surface area (Å²) >= 11 is 0. The fourth-order valence-electron chi connectivity index (χ4n) is 3.01. The third-order valence-electron chi connectivity index (χ3n) is 4.57. The number of ether oxygens (including phenoxy) is 2. The monoisotopic (exact) mass is 349 g/mol. The lowest BCUT2D eigenvalue weighted by molar-refractivity contribution is -0.688. The molecule has 0 unspecified atom stereocenters. The number of quaternary nitrogens is 1. The number of nitrogens with one attached hydrogen (secondary N) is 1. The minimum absolute atomic E-state index is 0.0129. The fourth-order valence-corrected chi connectivity index (χ4v) is 3.01. The van der Waals surface area contributed by atoms with Crippen LogP contribution < -0.4 is 20.1 Å². The summed E-state index contributed by atoms with van der Waals surface area (Å²) in [6.45, 7) is 2.87. The summed E-state index contributed by atoms with van der Waals surface area (Å²) in [6.07, 6.45) is 0. The molecule has 1 aliphatic rings. The SMILES string of the molecule is C[C@H]([NH2+]Cc1ccc2c(c1)OCO2)C(=O)Nc1ccc2ccccc2c1. The molecule has 0 radical (unpaired) electrons. The van der Waals surface area contributed by atoms with Gasteiger partial charge in [0.1, 0.15) is 6.54 Å². The molecule has 1 aliphatic heterocycles. The first-order chi connectivity index (χ1) is 12.7. The van der Waals surface area contributed by atoms with E-state index in [1.54, 1.807) is 0 Å². The molecule has 3 N–H and O–H groups in total. The number of amides is 1. The van der Waals surface area contributed by atoms with Crippen LogP contribution in [0.1, 0.15) is 12.5 Å². The van der Waals surface area contributed by atoms with Crippen LogP contribution in [-0.4, -0.2) is 18.7 Å². The predicted molar refractivity (Wildman–Crippen MR) is 100 cm³/mol. The molecule has 0 aliphatic carbocycles. The fraction of sp³-hybridized carbons (Fsp3) is 0.190. The number of carbonyl (C=O) groups is 1. The smallest absolute Gasteiger partial charge is 0.282 e. The van der Waals surface area contributed by atoms with Gasteiger partial charge in [-0.15, -0.1) is 0 Å². The molecule has 0 fully saturated rings. The molecular formula is C21H21N2O3+. The van der Waals surface area contributed by atoms with Gasteiger partial charge in [0.05, 0.1) is 0 Å². The maximum absolute atomic E-state index is 12.5. The van der Waals surface area contributed by atoms with Crippen molar-refractivity contribution in [2.45, 2.75) is 19.5 Å². The summed E-state index contributed by atoms with van der Waals surface area (Å²) in [5.41, 5.74) is 1.91. The van der Waals surface area contributed by atoms with Crippen molar-refractivity contribution >= 4 is 22.4 Å². The third kappa shape index (κ3) is 3.48.